The lowest BCUT2D eigenvalue weighted by atomic mass is 10.2. The molecule has 3 rings (SSSR count). The fourth-order valence-corrected chi connectivity index (χ4v) is 2.14. The third-order valence-electron chi connectivity index (χ3n) is 3.58. The molecule has 1 fully saturated rings. The zero-order valence-electron chi connectivity index (χ0n) is 13.9. The number of hydrogen-bond donors (Lipinski definition) is 1. The fraction of sp³-hybridized carbons (Fsp3) is 0.533. The maximum Gasteiger partial charge on any atom is 0.296 e. The van der Waals surface area contributed by atoms with Crippen molar-refractivity contribution in [2.24, 2.45) is 5.92 Å². The number of rotatable bonds is 3. The Morgan fingerprint density at radius 3 is 2.54 bits per heavy atom. The van der Waals surface area contributed by atoms with Gasteiger partial charge in [0.25, 0.3) is 17.5 Å². The van der Waals surface area contributed by atoms with E-state index in [-0.39, 0.29) is 34.9 Å². The van der Waals surface area contributed by atoms with Crippen LogP contribution in [0.4, 0.5) is 13.2 Å². The summed E-state index contributed by atoms with van der Waals surface area (Å²) in [6, 6.07) is -0.0167. The Morgan fingerprint density at radius 1 is 1.46 bits per heavy atom. The largest absolute Gasteiger partial charge is 0.468 e. The minimum atomic E-state index is -2.34. The summed E-state index contributed by atoms with van der Waals surface area (Å²) in [5, 5.41) is 0.110. The lowest BCUT2D eigenvalue weighted by molar-refractivity contribution is 0.0923. The highest BCUT2D eigenvalue weighted by Gasteiger charge is 2.56. The molecule has 1 aliphatic carbocycles. The standard InChI is InChI=1S/C9H8FN3O2.C6H11F2N/c1-4-6(10)7-5(3-11-4)8(14)13-9(12-7)15-2;1-9(2)4-5-3-6(5,7)8/h3H,1-2H3,(H,12,13,14);5H,3-4H2,1-2H3. The average Bonchev–Trinajstić information content (AvgIpc) is 3.09. The van der Waals surface area contributed by atoms with Crippen molar-refractivity contribution in [3.05, 3.63) is 28.1 Å². The van der Waals surface area contributed by atoms with E-state index in [2.05, 4.69) is 15.0 Å². The number of nitrogens with zero attached hydrogens (tertiary/aromatic N) is 3. The summed E-state index contributed by atoms with van der Waals surface area (Å²) in [5.41, 5.74) is -0.297. The SMILES string of the molecule is CN(C)CC1CC1(F)F.COc1nc2c(F)c(C)ncc2c(=O)[nH]1. The Labute approximate surface area is 136 Å². The molecule has 0 amide bonds. The van der Waals surface area contributed by atoms with E-state index in [1.165, 1.54) is 20.2 Å². The third kappa shape index (κ3) is 4.02. The number of alkyl halides is 2. The lowest BCUT2D eigenvalue weighted by Gasteiger charge is -2.06. The van der Waals surface area contributed by atoms with Crippen molar-refractivity contribution < 1.29 is 17.9 Å². The molecule has 1 unspecified atom stereocenters. The number of pyridine rings is 1. The molecule has 0 bridgehead atoms. The number of hydrogen-bond acceptors (Lipinski definition) is 5. The van der Waals surface area contributed by atoms with Crippen LogP contribution in [-0.4, -0.2) is 53.5 Å². The molecule has 2 aromatic rings. The van der Waals surface area contributed by atoms with Gasteiger partial charge in [0.05, 0.1) is 18.2 Å². The van der Waals surface area contributed by atoms with E-state index in [0.29, 0.717) is 6.54 Å². The molecule has 1 atom stereocenters. The van der Waals surface area contributed by atoms with E-state index in [4.69, 9.17) is 4.74 Å². The number of H-pyrrole nitrogens is 1. The van der Waals surface area contributed by atoms with Gasteiger partial charge in [-0.1, -0.05) is 0 Å². The summed E-state index contributed by atoms with van der Waals surface area (Å²) in [7, 11) is 4.97. The molecule has 0 saturated heterocycles. The first-order valence-corrected chi connectivity index (χ1v) is 7.27. The van der Waals surface area contributed by atoms with Crippen LogP contribution in [0.25, 0.3) is 10.9 Å². The second kappa shape index (κ2) is 6.76. The number of nitrogens with one attached hydrogen (secondary N) is 1. The van der Waals surface area contributed by atoms with Crippen molar-refractivity contribution >= 4 is 10.9 Å². The first-order chi connectivity index (χ1) is 11.2. The van der Waals surface area contributed by atoms with Crippen LogP contribution in [-0.2, 0) is 0 Å². The van der Waals surface area contributed by atoms with Crippen LogP contribution in [0.5, 0.6) is 6.01 Å². The number of aromatic amines is 1. The van der Waals surface area contributed by atoms with E-state index in [0.717, 1.165) is 0 Å². The summed E-state index contributed by atoms with van der Waals surface area (Å²) < 4.78 is 42.6. The van der Waals surface area contributed by atoms with Crippen LogP contribution in [0.15, 0.2) is 11.0 Å². The van der Waals surface area contributed by atoms with Crippen molar-refractivity contribution in [2.75, 3.05) is 27.7 Å². The molecular weight excluding hydrogens is 325 g/mol. The van der Waals surface area contributed by atoms with Crippen molar-refractivity contribution in [3.63, 3.8) is 0 Å². The smallest absolute Gasteiger partial charge is 0.296 e. The van der Waals surface area contributed by atoms with Crippen molar-refractivity contribution in [3.8, 4) is 6.01 Å². The molecule has 1 saturated carbocycles. The number of methoxy groups -OCH3 is 1. The Morgan fingerprint density at radius 2 is 2.08 bits per heavy atom. The molecule has 1 aliphatic rings. The van der Waals surface area contributed by atoms with Gasteiger partial charge in [-0.25, -0.2) is 13.2 Å². The summed E-state index contributed by atoms with van der Waals surface area (Å²) >= 11 is 0. The van der Waals surface area contributed by atoms with E-state index in [9.17, 15) is 18.0 Å². The molecule has 0 aromatic carbocycles. The topological polar surface area (TPSA) is 71.1 Å². The first-order valence-electron chi connectivity index (χ1n) is 7.27. The predicted octanol–water partition coefficient (Wildman–Crippen LogP) is 1.98. The van der Waals surface area contributed by atoms with Crippen LogP contribution in [0.2, 0.25) is 0 Å². The highest BCUT2D eigenvalue weighted by Crippen LogP contribution is 2.48. The molecule has 0 aliphatic heterocycles. The third-order valence-corrected chi connectivity index (χ3v) is 3.58. The van der Waals surface area contributed by atoms with Crippen LogP contribution in [0, 0.1) is 18.7 Å². The predicted molar refractivity (Wildman–Crippen MR) is 83.0 cm³/mol. The van der Waals surface area contributed by atoms with Gasteiger partial charge in [0.2, 0.25) is 0 Å². The summed E-state index contributed by atoms with van der Waals surface area (Å²) in [4.78, 5) is 23.2. The molecule has 6 nitrogen and oxygen atoms in total. The van der Waals surface area contributed by atoms with E-state index < -0.39 is 17.3 Å². The van der Waals surface area contributed by atoms with Crippen LogP contribution >= 0.6 is 0 Å². The highest BCUT2D eigenvalue weighted by atomic mass is 19.3. The molecule has 9 heteroatoms. The second-order valence-corrected chi connectivity index (χ2v) is 5.92. The quantitative estimate of drug-likeness (QED) is 0.922. The Hall–Kier alpha value is -2.16. The maximum absolute atomic E-state index is 13.6. The molecular formula is C15H19F3N4O2. The average molecular weight is 344 g/mol. The Kier molecular flexibility index (Phi) is 5.12. The summed E-state index contributed by atoms with van der Waals surface area (Å²) in [6.45, 7) is 2.02. The highest BCUT2D eigenvalue weighted by molar-refractivity contribution is 5.77. The van der Waals surface area contributed by atoms with Gasteiger partial charge in [-0.15, -0.1) is 0 Å². The number of halogens is 3. The second-order valence-electron chi connectivity index (χ2n) is 5.92. The molecule has 0 radical (unpaired) electrons. The Bertz CT molecular complexity index is 792. The minimum absolute atomic E-state index is 0.0167. The molecule has 2 aromatic heterocycles. The molecule has 132 valence electrons. The van der Waals surface area contributed by atoms with Crippen molar-refractivity contribution in [1.29, 1.82) is 0 Å². The molecule has 2 heterocycles. The van der Waals surface area contributed by atoms with E-state index >= 15 is 0 Å². The van der Waals surface area contributed by atoms with Gasteiger partial charge in [-0.3, -0.25) is 14.8 Å². The summed E-state index contributed by atoms with van der Waals surface area (Å²) in [5.74, 6) is -3.31. The molecule has 1 N–H and O–H groups in total. The van der Waals surface area contributed by atoms with Gasteiger partial charge in [-0.05, 0) is 21.0 Å². The normalized spacial score (nSPS) is 18.2. The van der Waals surface area contributed by atoms with Crippen LogP contribution < -0.4 is 10.3 Å². The van der Waals surface area contributed by atoms with Gasteiger partial charge in [0, 0.05) is 25.1 Å². The van der Waals surface area contributed by atoms with Gasteiger partial charge in [0.1, 0.15) is 5.52 Å². The van der Waals surface area contributed by atoms with Gasteiger partial charge >= 0.3 is 0 Å². The van der Waals surface area contributed by atoms with Crippen LogP contribution in [0.1, 0.15) is 12.1 Å². The van der Waals surface area contributed by atoms with Gasteiger partial charge < -0.3 is 9.64 Å². The number of ether oxygens (including phenoxy) is 1. The first kappa shape index (κ1) is 18.2. The minimum Gasteiger partial charge on any atom is -0.468 e. The zero-order valence-corrected chi connectivity index (χ0v) is 13.9. The van der Waals surface area contributed by atoms with Gasteiger partial charge in [-0.2, -0.15) is 4.98 Å². The molecule has 0 spiro atoms. The monoisotopic (exact) mass is 344 g/mol. The fourth-order valence-electron chi connectivity index (χ4n) is 2.14. The lowest BCUT2D eigenvalue weighted by Crippen LogP contribution is -2.17. The zero-order chi connectivity index (χ0) is 18.1. The maximum atomic E-state index is 13.6. The summed E-state index contributed by atoms with van der Waals surface area (Å²) in [6.07, 6.45) is 1.38. The van der Waals surface area contributed by atoms with Gasteiger partial charge in [0.15, 0.2) is 5.82 Å². The number of aryl methyl sites for hydroxylation is 1. The number of aromatic nitrogens is 3. The Balaban J connectivity index is 0.000000198. The van der Waals surface area contributed by atoms with Crippen LogP contribution in [0.3, 0.4) is 0 Å². The van der Waals surface area contributed by atoms with E-state index in [1.807, 2.05) is 14.1 Å². The van der Waals surface area contributed by atoms with E-state index in [1.54, 1.807) is 4.90 Å². The number of fused-ring (bicyclic) bond motifs is 1. The van der Waals surface area contributed by atoms with Crippen molar-refractivity contribution in [1.82, 2.24) is 19.9 Å². The molecule has 24 heavy (non-hydrogen) atoms. The van der Waals surface area contributed by atoms with Crippen molar-refractivity contribution in [2.45, 2.75) is 19.3 Å².